The first-order valence-electron chi connectivity index (χ1n) is 8.28. The number of allylic oxidation sites excluding steroid dienone is 1. The van der Waals surface area contributed by atoms with Crippen LogP contribution in [0.1, 0.15) is 47.0 Å². The Morgan fingerprint density at radius 1 is 1.38 bits per heavy atom. The van der Waals surface area contributed by atoms with Crippen LogP contribution in [0.3, 0.4) is 0 Å². The third-order valence-corrected chi connectivity index (χ3v) is 4.30. The van der Waals surface area contributed by atoms with Crippen molar-refractivity contribution in [1.82, 2.24) is 10.2 Å². The van der Waals surface area contributed by atoms with Crippen molar-refractivity contribution in [2.45, 2.75) is 58.6 Å². The molecular weight excluding hydrogens is 264 g/mol. The van der Waals surface area contributed by atoms with Crippen molar-refractivity contribution in [3.8, 4) is 0 Å². The highest BCUT2D eigenvalue weighted by Crippen LogP contribution is 2.42. The van der Waals surface area contributed by atoms with E-state index in [1.54, 1.807) is 0 Å². The molecule has 0 aromatic heterocycles. The van der Waals surface area contributed by atoms with Gasteiger partial charge in [0.15, 0.2) is 0 Å². The molecule has 1 amide bonds. The molecule has 0 spiro atoms. The SMILES string of the molecule is CCCN(CCNC1CC2CC=CC21)C(=O)OC(C)(C)C. The van der Waals surface area contributed by atoms with Gasteiger partial charge in [-0.3, -0.25) is 0 Å². The number of hydrogen-bond donors (Lipinski definition) is 1. The standard InChI is InChI=1S/C17H30N2O2/c1-5-10-19(16(20)21-17(2,3)4)11-9-18-15-12-13-7-6-8-14(13)15/h6,8,13-15,18H,5,7,9-12H2,1-4H3. The minimum absolute atomic E-state index is 0.196. The van der Waals surface area contributed by atoms with Crippen molar-refractivity contribution in [2.75, 3.05) is 19.6 Å². The summed E-state index contributed by atoms with van der Waals surface area (Å²) < 4.78 is 5.47. The second kappa shape index (κ2) is 6.82. The zero-order chi connectivity index (χ0) is 15.5. The fourth-order valence-electron chi connectivity index (χ4n) is 3.22. The number of amides is 1. The van der Waals surface area contributed by atoms with Crippen molar-refractivity contribution in [1.29, 1.82) is 0 Å². The lowest BCUT2D eigenvalue weighted by molar-refractivity contribution is 0.0245. The quantitative estimate of drug-likeness (QED) is 0.765. The van der Waals surface area contributed by atoms with E-state index in [-0.39, 0.29) is 6.09 Å². The highest BCUT2D eigenvalue weighted by molar-refractivity contribution is 5.68. The van der Waals surface area contributed by atoms with Crippen LogP contribution in [0.15, 0.2) is 12.2 Å². The van der Waals surface area contributed by atoms with Crippen molar-refractivity contribution in [3.63, 3.8) is 0 Å². The maximum Gasteiger partial charge on any atom is 0.410 e. The Balaban J connectivity index is 1.72. The lowest BCUT2D eigenvalue weighted by Crippen LogP contribution is -2.50. The van der Waals surface area contributed by atoms with Crippen molar-refractivity contribution < 1.29 is 9.53 Å². The largest absolute Gasteiger partial charge is 0.444 e. The maximum atomic E-state index is 12.2. The van der Waals surface area contributed by atoms with Crippen LogP contribution in [0, 0.1) is 11.8 Å². The number of carbonyl (C=O) groups is 1. The average Bonchev–Trinajstić information content (AvgIpc) is 2.72. The summed E-state index contributed by atoms with van der Waals surface area (Å²) in [5, 5.41) is 3.60. The summed E-state index contributed by atoms with van der Waals surface area (Å²) in [6.45, 7) is 10.1. The molecular formula is C17H30N2O2. The van der Waals surface area contributed by atoms with Crippen LogP contribution in [0.4, 0.5) is 4.79 Å². The predicted molar refractivity (Wildman–Crippen MR) is 85.2 cm³/mol. The average molecular weight is 294 g/mol. The van der Waals surface area contributed by atoms with Gasteiger partial charge in [-0.1, -0.05) is 19.1 Å². The molecule has 21 heavy (non-hydrogen) atoms. The molecule has 120 valence electrons. The Labute approximate surface area is 128 Å². The number of nitrogens with one attached hydrogen (secondary N) is 1. The van der Waals surface area contributed by atoms with E-state index in [1.165, 1.54) is 12.8 Å². The smallest absolute Gasteiger partial charge is 0.410 e. The first-order valence-corrected chi connectivity index (χ1v) is 8.28. The van der Waals surface area contributed by atoms with E-state index < -0.39 is 5.60 Å². The molecule has 4 nitrogen and oxygen atoms in total. The summed E-state index contributed by atoms with van der Waals surface area (Å²) in [6, 6.07) is 0.607. The van der Waals surface area contributed by atoms with Crippen LogP contribution in [-0.2, 0) is 4.74 Å². The lowest BCUT2D eigenvalue weighted by Gasteiger charge is -2.41. The van der Waals surface area contributed by atoms with Crippen LogP contribution < -0.4 is 5.32 Å². The van der Waals surface area contributed by atoms with Gasteiger partial charge in [-0.15, -0.1) is 0 Å². The molecule has 0 saturated heterocycles. The summed E-state index contributed by atoms with van der Waals surface area (Å²) in [5.74, 6) is 1.60. The highest BCUT2D eigenvalue weighted by atomic mass is 16.6. The maximum absolute atomic E-state index is 12.2. The Bertz CT molecular complexity index is 387. The van der Waals surface area contributed by atoms with Crippen molar-refractivity contribution in [2.24, 2.45) is 11.8 Å². The number of ether oxygens (including phenoxy) is 1. The molecule has 3 atom stereocenters. The number of carbonyl (C=O) groups excluding carboxylic acids is 1. The van der Waals surface area contributed by atoms with Gasteiger partial charge in [-0.25, -0.2) is 4.79 Å². The van der Waals surface area contributed by atoms with Gasteiger partial charge in [-0.05, 0) is 51.9 Å². The van der Waals surface area contributed by atoms with Crippen LogP contribution in [0.25, 0.3) is 0 Å². The third-order valence-electron chi connectivity index (χ3n) is 4.30. The second-order valence-electron chi connectivity index (χ2n) is 7.26. The molecule has 3 unspecified atom stereocenters. The van der Waals surface area contributed by atoms with E-state index in [4.69, 9.17) is 4.74 Å². The molecule has 1 fully saturated rings. The molecule has 0 aliphatic heterocycles. The molecule has 2 aliphatic carbocycles. The molecule has 0 heterocycles. The van der Waals surface area contributed by atoms with Crippen LogP contribution >= 0.6 is 0 Å². The minimum atomic E-state index is -0.424. The molecule has 1 N–H and O–H groups in total. The highest BCUT2D eigenvalue weighted by Gasteiger charge is 2.40. The molecule has 2 aliphatic rings. The fraction of sp³-hybridized carbons (Fsp3) is 0.824. The van der Waals surface area contributed by atoms with E-state index in [0.717, 1.165) is 37.9 Å². The summed E-state index contributed by atoms with van der Waals surface area (Å²) in [7, 11) is 0. The Hall–Kier alpha value is -1.03. The second-order valence-corrected chi connectivity index (χ2v) is 7.26. The Morgan fingerprint density at radius 2 is 2.14 bits per heavy atom. The van der Waals surface area contributed by atoms with Crippen LogP contribution in [0.5, 0.6) is 0 Å². The van der Waals surface area contributed by atoms with E-state index in [2.05, 4.69) is 24.4 Å². The van der Waals surface area contributed by atoms with E-state index in [9.17, 15) is 4.79 Å². The Kier molecular flexibility index (Phi) is 5.31. The summed E-state index contributed by atoms with van der Waals surface area (Å²) in [5.41, 5.74) is -0.424. The predicted octanol–water partition coefficient (Wildman–Crippen LogP) is 3.19. The minimum Gasteiger partial charge on any atom is -0.444 e. The molecule has 4 heteroatoms. The zero-order valence-corrected chi connectivity index (χ0v) is 13.9. The van der Waals surface area contributed by atoms with Crippen molar-refractivity contribution >= 4 is 6.09 Å². The van der Waals surface area contributed by atoms with E-state index in [0.29, 0.717) is 6.04 Å². The van der Waals surface area contributed by atoms with Gasteiger partial charge in [-0.2, -0.15) is 0 Å². The van der Waals surface area contributed by atoms with Gasteiger partial charge in [0.25, 0.3) is 0 Å². The van der Waals surface area contributed by atoms with Crippen molar-refractivity contribution in [3.05, 3.63) is 12.2 Å². The topological polar surface area (TPSA) is 41.6 Å². The van der Waals surface area contributed by atoms with Gasteiger partial charge in [0.05, 0.1) is 0 Å². The van der Waals surface area contributed by atoms with Gasteiger partial charge in [0, 0.05) is 25.7 Å². The molecule has 0 bridgehead atoms. The third kappa shape index (κ3) is 4.47. The molecule has 0 aromatic carbocycles. The summed E-state index contributed by atoms with van der Waals surface area (Å²) in [4.78, 5) is 14.0. The van der Waals surface area contributed by atoms with Crippen LogP contribution in [-0.4, -0.2) is 42.3 Å². The number of rotatable bonds is 6. The molecule has 0 aromatic rings. The first-order chi connectivity index (χ1) is 9.90. The van der Waals surface area contributed by atoms with Gasteiger partial charge in [0.1, 0.15) is 5.60 Å². The molecule has 0 radical (unpaired) electrons. The monoisotopic (exact) mass is 294 g/mol. The zero-order valence-electron chi connectivity index (χ0n) is 13.9. The first kappa shape index (κ1) is 16.3. The van der Waals surface area contributed by atoms with E-state index in [1.807, 2.05) is 25.7 Å². The molecule has 2 rings (SSSR count). The van der Waals surface area contributed by atoms with E-state index >= 15 is 0 Å². The lowest BCUT2D eigenvalue weighted by atomic mass is 9.71. The van der Waals surface area contributed by atoms with Gasteiger partial charge in [0.2, 0.25) is 0 Å². The Morgan fingerprint density at radius 3 is 2.76 bits per heavy atom. The summed E-state index contributed by atoms with van der Waals surface area (Å²) in [6.07, 6.45) is 7.94. The summed E-state index contributed by atoms with van der Waals surface area (Å²) >= 11 is 0. The van der Waals surface area contributed by atoms with Gasteiger partial charge < -0.3 is 15.0 Å². The molecule has 1 saturated carbocycles. The fourth-order valence-corrected chi connectivity index (χ4v) is 3.22. The van der Waals surface area contributed by atoms with Gasteiger partial charge >= 0.3 is 6.09 Å². The number of hydrogen-bond acceptors (Lipinski definition) is 3. The number of nitrogens with zero attached hydrogens (tertiary/aromatic N) is 1. The van der Waals surface area contributed by atoms with Crippen LogP contribution in [0.2, 0.25) is 0 Å². The number of fused-ring (bicyclic) bond motifs is 1. The normalized spacial score (nSPS) is 27.1.